The summed E-state index contributed by atoms with van der Waals surface area (Å²) in [6.07, 6.45) is -0.108. The highest BCUT2D eigenvalue weighted by Gasteiger charge is 2.17. The van der Waals surface area contributed by atoms with E-state index in [1.54, 1.807) is 23.5 Å². The minimum Gasteiger partial charge on any atom is -0.481 e. The molecule has 2 aromatic heterocycles. The lowest BCUT2D eigenvalue weighted by atomic mass is 10.1. The van der Waals surface area contributed by atoms with Crippen molar-refractivity contribution in [2.45, 2.75) is 13.3 Å². The largest absolute Gasteiger partial charge is 0.481 e. The summed E-state index contributed by atoms with van der Waals surface area (Å²) in [5.74, 6) is -1.22. The van der Waals surface area contributed by atoms with Crippen molar-refractivity contribution in [3.05, 3.63) is 52.1 Å². The van der Waals surface area contributed by atoms with E-state index in [0.717, 1.165) is 20.9 Å². The first kappa shape index (κ1) is 14.9. The van der Waals surface area contributed by atoms with Gasteiger partial charge in [-0.05, 0) is 48.2 Å². The molecule has 0 saturated heterocycles. The molecule has 0 fully saturated rings. The summed E-state index contributed by atoms with van der Waals surface area (Å²) in [5.41, 5.74) is 2.65. The number of thiophene rings is 1. The maximum absolute atomic E-state index is 13.1. The van der Waals surface area contributed by atoms with Crippen molar-refractivity contribution in [3.63, 3.8) is 0 Å². The third-order valence-corrected chi connectivity index (χ3v) is 5.33. The van der Waals surface area contributed by atoms with E-state index in [-0.39, 0.29) is 12.2 Å². The number of carboxylic acid groups (broad SMARTS) is 1. The van der Waals surface area contributed by atoms with E-state index in [1.807, 2.05) is 12.3 Å². The molecule has 22 heavy (non-hydrogen) atoms. The number of carboxylic acids is 1. The van der Waals surface area contributed by atoms with Gasteiger partial charge in [0.2, 0.25) is 0 Å². The Labute approximate surface area is 134 Å². The average Bonchev–Trinajstić information content (AvgIpc) is 3.05. The van der Waals surface area contributed by atoms with Crippen LogP contribution in [0.5, 0.6) is 0 Å². The lowest BCUT2D eigenvalue weighted by molar-refractivity contribution is -0.136. The van der Waals surface area contributed by atoms with E-state index < -0.39 is 5.97 Å². The fraction of sp³-hybridized carbons (Fsp3) is 0.125. The Morgan fingerprint density at radius 2 is 2.05 bits per heavy atom. The number of aromatic nitrogens is 1. The molecule has 0 spiro atoms. The van der Waals surface area contributed by atoms with Gasteiger partial charge >= 0.3 is 5.97 Å². The number of aryl methyl sites for hydroxylation is 1. The number of thiazole rings is 1. The van der Waals surface area contributed by atoms with Gasteiger partial charge in [0.1, 0.15) is 10.8 Å². The van der Waals surface area contributed by atoms with Crippen molar-refractivity contribution in [1.29, 1.82) is 0 Å². The Morgan fingerprint density at radius 1 is 1.32 bits per heavy atom. The maximum atomic E-state index is 13.1. The molecule has 3 aromatic rings. The number of hydrogen-bond donors (Lipinski definition) is 1. The topological polar surface area (TPSA) is 50.2 Å². The second-order valence-corrected chi connectivity index (χ2v) is 6.85. The Balaban J connectivity index is 2.11. The van der Waals surface area contributed by atoms with Gasteiger partial charge < -0.3 is 5.11 Å². The Morgan fingerprint density at radius 3 is 2.64 bits per heavy atom. The smallest absolute Gasteiger partial charge is 0.310 e. The van der Waals surface area contributed by atoms with Gasteiger partial charge in [-0.3, -0.25) is 4.79 Å². The Bertz CT molecular complexity index is 821. The second-order valence-electron chi connectivity index (χ2n) is 4.85. The average molecular weight is 333 g/mol. The number of carbonyl (C=O) groups is 1. The molecule has 1 N–H and O–H groups in total. The van der Waals surface area contributed by atoms with E-state index in [9.17, 15) is 9.18 Å². The summed E-state index contributed by atoms with van der Waals surface area (Å²) >= 11 is 2.97. The standard InChI is InChI=1S/C16H12FNO2S2/c1-9-6-12(21-8-9)16-15(10-2-4-11(17)5-3-10)18-13(22-16)7-14(19)20/h2-6,8H,7H2,1H3,(H,19,20). The number of nitrogens with zero attached hydrogens (tertiary/aromatic N) is 1. The zero-order valence-corrected chi connectivity index (χ0v) is 13.3. The minimum absolute atomic E-state index is 0.108. The summed E-state index contributed by atoms with van der Waals surface area (Å²) in [6.45, 7) is 2.01. The van der Waals surface area contributed by atoms with Crippen LogP contribution in [0.3, 0.4) is 0 Å². The molecule has 6 heteroatoms. The van der Waals surface area contributed by atoms with Crippen LogP contribution in [0, 0.1) is 12.7 Å². The Kier molecular flexibility index (Phi) is 4.04. The SMILES string of the molecule is Cc1csc(-c2sc(CC(=O)O)nc2-c2ccc(F)cc2)c1. The van der Waals surface area contributed by atoms with E-state index >= 15 is 0 Å². The maximum Gasteiger partial charge on any atom is 0.310 e. The van der Waals surface area contributed by atoms with E-state index in [0.29, 0.717) is 10.7 Å². The molecule has 0 aliphatic carbocycles. The zero-order valence-electron chi connectivity index (χ0n) is 11.7. The summed E-state index contributed by atoms with van der Waals surface area (Å²) in [5, 5.41) is 11.6. The molecule has 0 atom stereocenters. The number of halogens is 1. The molecule has 0 saturated carbocycles. The minimum atomic E-state index is -0.909. The van der Waals surface area contributed by atoms with Gasteiger partial charge in [0.15, 0.2) is 0 Å². The summed E-state index contributed by atoms with van der Waals surface area (Å²) in [4.78, 5) is 17.4. The first-order valence-corrected chi connectivity index (χ1v) is 8.25. The van der Waals surface area contributed by atoms with E-state index in [2.05, 4.69) is 11.1 Å². The van der Waals surface area contributed by atoms with E-state index in [4.69, 9.17) is 5.11 Å². The van der Waals surface area contributed by atoms with Crippen LogP contribution in [0.25, 0.3) is 21.0 Å². The molecular weight excluding hydrogens is 321 g/mol. The van der Waals surface area contributed by atoms with Crippen LogP contribution in [0.2, 0.25) is 0 Å². The van der Waals surface area contributed by atoms with Gasteiger partial charge in [0.25, 0.3) is 0 Å². The molecule has 0 amide bonds. The number of aliphatic carboxylic acids is 1. The summed E-state index contributed by atoms with van der Waals surface area (Å²) in [7, 11) is 0. The fourth-order valence-corrected chi connectivity index (χ4v) is 4.19. The highest BCUT2D eigenvalue weighted by molar-refractivity contribution is 7.21. The van der Waals surface area contributed by atoms with Gasteiger partial charge in [0, 0.05) is 10.4 Å². The van der Waals surface area contributed by atoms with Crippen molar-refractivity contribution in [2.75, 3.05) is 0 Å². The predicted molar refractivity (Wildman–Crippen MR) is 86.9 cm³/mol. The first-order valence-electron chi connectivity index (χ1n) is 6.56. The van der Waals surface area contributed by atoms with Gasteiger partial charge in [-0.2, -0.15) is 0 Å². The first-order chi connectivity index (χ1) is 10.5. The molecule has 1 aromatic carbocycles. The van der Waals surface area contributed by atoms with Crippen molar-refractivity contribution in [3.8, 4) is 21.0 Å². The van der Waals surface area contributed by atoms with Crippen LogP contribution in [0.15, 0.2) is 35.7 Å². The van der Waals surface area contributed by atoms with Crippen LogP contribution >= 0.6 is 22.7 Å². The molecule has 0 aliphatic rings. The van der Waals surface area contributed by atoms with Crippen LogP contribution in [-0.2, 0) is 11.2 Å². The molecule has 112 valence electrons. The monoisotopic (exact) mass is 333 g/mol. The molecular formula is C16H12FNO2S2. The molecule has 2 heterocycles. The van der Waals surface area contributed by atoms with Crippen molar-refractivity contribution in [1.82, 2.24) is 4.98 Å². The van der Waals surface area contributed by atoms with Crippen LogP contribution in [0.4, 0.5) is 4.39 Å². The number of rotatable bonds is 4. The van der Waals surface area contributed by atoms with Crippen LogP contribution < -0.4 is 0 Å². The quantitative estimate of drug-likeness (QED) is 0.758. The Hall–Kier alpha value is -2.05. The molecule has 0 unspecified atom stereocenters. The number of hydrogen-bond acceptors (Lipinski definition) is 4. The van der Waals surface area contributed by atoms with Crippen molar-refractivity contribution >= 4 is 28.6 Å². The normalized spacial score (nSPS) is 10.8. The molecule has 0 bridgehead atoms. The zero-order chi connectivity index (χ0) is 15.7. The summed E-state index contributed by atoms with van der Waals surface area (Å²) < 4.78 is 13.1. The van der Waals surface area contributed by atoms with E-state index in [1.165, 1.54) is 23.5 Å². The van der Waals surface area contributed by atoms with Gasteiger partial charge in [-0.25, -0.2) is 9.37 Å². The van der Waals surface area contributed by atoms with Gasteiger partial charge in [-0.15, -0.1) is 22.7 Å². The van der Waals surface area contributed by atoms with Crippen LogP contribution in [-0.4, -0.2) is 16.1 Å². The number of benzene rings is 1. The lowest BCUT2D eigenvalue weighted by Crippen LogP contribution is -1.99. The third kappa shape index (κ3) is 3.08. The van der Waals surface area contributed by atoms with Crippen LogP contribution in [0.1, 0.15) is 10.6 Å². The highest BCUT2D eigenvalue weighted by Crippen LogP contribution is 2.40. The molecule has 0 radical (unpaired) electrons. The lowest BCUT2D eigenvalue weighted by Gasteiger charge is -2.00. The van der Waals surface area contributed by atoms with Crippen molar-refractivity contribution < 1.29 is 14.3 Å². The molecule has 3 nitrogen and oxygen atoms in total. The highest BCUT2D eigenvalue weighted by atomic mass is 32.1. The van der Waals surface area contributed by atoms with Gasteiger partial charge in [-0.1, -0.05) is 0 Å². The molecule has 0 aliphatic heterocycles. The fourth-order valence-electron chi connectivity index (χ4n) is 2.09. The summed E-state index contributed by atoms with van der Waals surface area (Å²) in [6, 6.07) is 8.15. The predicted octanol–water partition coefficient (Wildman–Crippen LogP) is 4.61. The van der Waals surface area contributed by atoms with Crippen molar-refractivity contribution in [2.24, 2.45) is 0 Å². The second kappa shape index (κ2) is 5.98. The molecule has 3 rings (SSSR count). The third-order valence-electron chi connectivity index (χ3n) is 3.05. The van der Waals surface area contributed by atoms with Gasteiger partial charge in [0.05, 0.1) is 17.0 Å².